The van der Waals surface area contributed by atoms with Crippen LogP contribution in [0.5, 0.6) is 11.5 Å². The molecule has 0 aliphatic rings. The van der Waals surface area contributed by atoms with Gasteiger partial charge < -0.3 is 19.7 Å². The molecule has 6 nitrogen and oxygen atoms in total. The molecule has 2 aromatic rings. The first kappa shape index (κ1) is 18.6. The molecule has 1 heterocycles. The number of methoxy groups -OCH3 is 2. The minimum Gasteiger partial charge on any atom is -0.493 e. The lowest BCUT2D eigenvalue weighted by Crippen LogP contribution is -2.27. The number of hydrogen-bond acceptors (Lipinski definition) is 5. The Hall–Kier alpha value is -2.76. The van der Waals surface area contributed by atoms with Crippen molar-refractivity contribution in [1.29, 1.82) is 0 Å². The van der Waals surface area contributed by atoms with Crippen molar-refractivity contribution in [2.45, 2.75) is 19.8 Å². The first-order valence-corrected chi connectivity index (χ1v) is 8.29. The quantitative estimate of drug-likeness (QED) is 0.791. The lowest BCUT2D eigenvalue weighted by Gasteiger charge is -2.17. The van der Waals surface area contributed by atoms with E-state index in [2.05, 4.69) is 17.2 Å². The van der Waals surface area contributed by atoms with Gasteiger partial charge in [-0.2, -0.15) is 0 Å². The van der Waals surface area contributed by atoms with Crippen molar-refractivity contribution >= 4 is 17.4 Å². The van der Waals surface area contributed by atoms with Crippen molar-refractivity contribution in [2.24, 2.45) is 0 Å². The molecular formula is C19H25N3O3. The minimum absolute atomic E-state index is 0.00814. The molecule has 0 atom stereocenters. The number of amides is 1. The largest absolute Gasteiger partial charge is 0.493 e. The average molecular weight is 343 g/mol. The number of carbonyl (C=O) groups is 1. The molecule has 1 aromatic heterocycles. The van der Waals surface area contributed by atoms with Gasteiger partial charge in [0.1, 0.15) is 5.82 Å². The van der Waals surface area contributed by atoms with Gasteiger partial charge in [-0.3, -0.25) is 4.79 Å². The Bertz CT molecular complexity index is 719. The standard InChI is InChI=1S/C19H25N3O3/c1-5-6-11-22(2)19(23)14-9-10-20-18(12-14)21-15-7-8-16(24-3)17(13-15)25-4/h7-10,12-13H,5-6,11H2,1-4H3,(H,20,21). The number of anilines is 2. The molecule has 0 saturated heterocycles. The molecule has 134 valence electrons. The average Bonchev–Trinajstić information content (AvgIpc) is 2.65. The second kappa shape index (κ2) is 8.92. The molecule has 0 unspecified atom stereocenters. The molecule has 1 aromatic carbocycles. The minimum atomic E-state index is -0.00814. The van der Waals surface area contributed by atoms with Crippen molar-refractivity contribution in [3.05, 3.63) is 42.1 Å². The number of carbonyl (C=O) groups excluding carboxylic acids is 1. The van der Waals surface area contributed by atoms with Gasteiger partial charge in [-0.15, -0.1) is 0 Å². The number of hydrogen-bond donors (Lipinski definition) is 1. The van der Waals surface area contributed by atoms with Gasteiger partial charge in [0.25, 0.3) is 5.91 Å². The highest BCUT2D eigenvalue weighted by molar-refractivity contribution is 5.94. The molecule has 0 bridgehead atoms. The normalized spacial score (nSPS) is 10.2. The Morgan fingerprint density at radius 2 is 1.92 bits per heavy atom. The maximum atomic E-state index is 12.5. The highest BCUT2D eigenvalue weighted by atomic mass is 16.5. The van der Waals surface area contributed by atoms with Gasteiger partial charge in [-0.05, 0) is 30.7 Å². The third-order valence-electron chi connectivity index (χ3n) is 3.86. The van der Waals surface area contributed by atoms with Gasteiger partial charge in [-0.1, -0.05) is 13.3 Å². The van der Waals surface area contributed by atoms with Crippen LogP contribution in [0.3, 0.4) is 0 Å². The number of ether oxygens (including phenoxy) is 2. The Morgan fingerprint density at radius 1 is 1.16 bits per heavy atom. The molecule has 6 heteroatoms. The summed E-state index contributed by atoms with van der Waals surface area (Å²) in [6.45, 7) is 2.85. The Morgan fingerprint density at radius 3 is 2.60 bits per heavy atom. The predicted molar refractivity (Wildman–Crippen MR) is 98.9 cm³/mol. The summed E-state index contributed by atoms with van der Waals surface area (Å²) in [5, 5.41) is 3.19. The fourth-order valence-electron chi connectivity index (χ4n) is 2.41. The monoisotopic (exact) mass is 343 g/mol. The van der Waals surface area contributed by atoms with Crippen molar-refractivity contribution in [3.8, 4) is 11.5 Å². The molecule has 0 saturated carbocycles. The third kappa shape index (κ3) is 4.86. The summed E-state index contributed by atoms with van der Waals surface area (Å²) in [5.41, 5.74) is 1.41. The molecule has 25 heavy (non-hydrogen) atoms. The van der Waals surface area contributed by atoms with Crippen LogP contribution in [0.1, 0.15) is 30.1 Å². The number of rotatable bonds is 8. The number of nitrogens with one attached hydrogen (secondary N) is 1. The number of unbranched alkanes of at least 4 members (excludes halogenated alkanes) is 1. The van der Waals surface area contributed by atoms with Gasteiger partial charge in [0.2, 0.25) is 0 Å². The predicted octanol–water partition coefficient (Wildman–Crippen LogP) is 3.71. The van der Waals surface area contributed by atoms with Crippen LogP contribution in [0.15, 0.2) is 36.5 Å². The molecule has 0 radical (unpaired) electrons. The molecule has 2 rings (SSSR count). The highest BCUT2D eigenvalue weighted by Gasteiger charge is 2.12. The second-order valence-electron chi connectivity index (χ2n) is 5.70. The highest BCUT2D eigenvalue weighted by Crippen LogP contribution is 2.30. The van der Waals surface area contributed by atoms with E-state index in [9.17, 15) is 4.79 Å². The number of nitrogens with zero attached hydrogens (tertiary/aromatic N) is 2. The maximum absolute atomic E-state index is 12.5. The Labute approximate surface area is 148 Å². The van der Waals surface area contributed by atoms with E-state index in [1.807, 2.05) is 25.2 Å². The van der Waals surface area contributed by atoms with E-state index in [0.29, 0.717) is 22.9 Å². The zero-order valence-corrected chi connectivity index (χ0v) is 15.2. The van der Waals surface area contributed by atoms with Gasteiger partial charge in [0.05, 0.1) is 14.2 Å². The first-order chi connectivity index (χ1) is 12.1. The summed E-state index contributed by atoms with van der Waals surface area (Å²) in [7, 11) is 5.00. The smallest absolute Gasteiger partial charge is 0.253 e. The molecule has 0 spiro atoms. The SMILES string of the molecule is CCCCN(C)C(=O)c1ccnc(Nc2ccc(OC)c(OC)c2)c1. The lowest BCUT2D eigenvalue weighted by atomic mass is 10.2. The van der Waals surface area contributed by atoms with Crippen molar-refractivity contribution in [2.75, 3.05) is 33.1 Å². The van der Waals surface area contributed by atoms with E-state index >= 15 is 0 Å². The van der Waals surface area contributed by atoms with Crippen LogP contribution in [0.4, 0.5) is 11.5 Å². The molecule has 1 N–H and O–H groups in total. The molecule has 1 amide bonds. The van der Waals surface area contributed by atoms with E-state index in [4.69, 9.17) is 9.47 Å². The summed E-state index contributed by atoms with van der Waals surface area (Å²) < 4.78 is 10.5. The number of pyridine rings is 1. The maximum Gasteiger partial charge on any atom is 0.253 e. The summed E-state index contributed by atoms with van der Waals surface area (Å²) in [6, 6.07) is 8.98. The van der Waals surface area contributed by atoms with Crippen LogP contribution in [0, 0.1) is 0 Å². The molecule has 0 fully saturated rings. The zero-order valence-electron chi connectivity index (χ0n) is 15.2. The summed E-state index contributed by atoms with van der Waals surface area (Å²) in [5.74, 6) is 1.87. The topological polar surface area (TPSA) is 63.7 Å². The van der Waals surface area contributed by atoms with Crippen LogP contribution in [-0.4, -0.2) is 43.6 Å². The van der Waals surface area contributed by atoms with Crippen LogP contribution < -0.4 is 14.8 Å². The van der Waals surface area contributed by atoms with Crippen molar-refractivity contribution < 1.29 is 14.3 Å². The fourth-order valence-corrected chi connectivity index (χ4v) is 2.41. The lowest BCUT2D eigenvalue weighted by molar-refractivity contribution is 0.0793. The van der Waals surface area contributed by atoms with Crippen LogP contribution >= 0.6 is 0 Å². The van der Waals surface area contributed by atoms with Crippen molar-refractivity contribution in [1.82, 2.24) is 9.88 Å². The van der Waals surface area contributed by atoms with Crippen LogP contribution in [0.25, 0.3) is 0 Å². The fraction of sp³-hybridized carbons (Fsp3) is 0.368. The molecule has 0 aliphatic carbocycles. The van der Waals surface area contributed by atoms with Gasteiger partial charge >= 0.3 is 0 Å². The van der Waals surface area contributed by atoms with E-state index in [1.54, 1.807) is 37.4 Å². The van der Waals surface area contributed by atoms with E-state index < -0.39 is 0 Å². The number of benzene rings is 1. The summed E-state index contributed by atoms with van der Waals surface area (Å²) in [6.07, 6.45) is 3.67. The van der Waals surface area contributed by atoms with E-state index in [-0.39, 0.29) is 5.91 Å². The summed E-state index contributed by atoms with van der Waals surface area (Å²) in [4.78, 5) is 18.5. The second-order valence-corrected chi connectivity index (χ2v) is 5.70. The van der Waals surface area contributed by atoms with E-state index in [1.165, 1.54) is 0 Å². The third-order valence-corrected chi connectivity index (χ3v) is 3.86. The van der Waals surface area contributed by atoms with Crippen LogP contribution in [-0.2, 0) is 0 Å². The zero-order chi connectivity index (χ0) is 18.2. The summed E-state index contributed by atoms with van der Waals surface area (Å²) >= 11 is 0. The Kier molecular flexibility index (Phi) is 6.62. The number of aromatic nitrogens is 1. The molecule has 0 aliphatic heterocycles. The Balaban J connectivity index is 2.15. The van der Waals surface area contributed by atoms with Crippen LogP contribution in [0.2, 0.25) is 0 Å². The van der Waals surface area contributed by atoms with Gasteiger partial charge in [0.15, 0.2) is 11.5 Å². The van der Waals surface area contributed by atoms with Gasteiger partial charge in [-0.25, -0.2) is 4.98 Å². The first-order valence-electron chi connectivity index (χ1n) is 8.29. The van der Waals surface area contributed by atoms with E-state index in [0.717, 1.165) is 25.1 Å². The van der Waals surface area contributed by atoms with Crippen molar-refractivity contribution in [3.63, 3.8) is 0 Å². The molecular weight excluding hydrogens is 318 g/mol. The van der Waals surface area contributed by atoms with Gasteiger partial charge in [0, 0.05) is 37.1 Å².